The van der Waals surface area contributed by atoms with E-state index in [1.807, 2.05) is 38.1 Å². The van der Waals surface area contributed by atoms with Crippen molar-refractivity contribution in [3.63, 3.8) is 0 Å². The predicted octanol–water partition coefficient (Wildman–Crippen LogP) is 4.95. The Hall–Kier alpha value is -3.41. The van der Waals surface area contributed by atoms with Crippen molar-refractivity contribution < 1.29 is 23.5 Å². The van der Waals surface area contributed by atoms with Crippen molar-refractivity contribution >= 4 is 28.3 Å². The fourth-order valence-electron chi connectivity index (χ4n) is 4.17. The molecule has 0 saturated carbocycles. The van der Waals surface area contributed by atoms with Gasteiger partial charge >= 0.3 is 5.97 Å². The molecular formula is C25H24FNO4. The fourth-order valence-corrected chi connectivity index (χ4v) is 4.17. The summed E-state index contributed by atoms with van der Waals surface area (Å²) in [5.74, 6) is -0.707. The van der Waals surface area contributed by atoms with E-state index in [9.17, 15) is 14.0 Å². The zero-order valence-corrected chi connectivity index (χ0v) is 17.8. The predicted molar refractivity (Wildman–Crippen MR) is 117 cm³/mol. The Morgan fingerprint density at radius 1 is 1.10 bits per heavy atom. The lowest BCUT2D eigenvalue weighted by Gasteiger charge is -2.17. The second-order valence-corrected chi connectivity index (χ2v) is 7.45. The first-order chi connectivity index (χ1) is 15.0. The number of benzene rings is 3. The van der Waals surface area contributed by atoms with Gasteiger partial charge in [-0.15, -0.1) is 0 Å². The lowest BCUT2D eigenvalue weighted by atomic mass is 9.95. The van der Waals surface area contributed by atoms with E-state index in [2.05, 4.69) is 0 Å². The molecule has 1 aliphatic heterocycles. The Morgan fingerprint density at radius 3 is 2.52 bits per heavy atom. The number of esters is 1. The number of fused-ring (bicyclic) bond motifs is 2. The van der Waals surface area contributed by atoms with Crippen molar-refractivity contribution in [3.05, 3.63) is 70.5 Å². The highest BCUT2D eigenvalue weighted by Gasteiger charge is 2.36. The average Bonchev–Trinajstić information content (AvgIpc) is 3.09. The molecule has 1 amide bonds. The number of aryl methyl sites for hydroxylation is 1. The maximum atomic E-state index is 15.0. The highest BCUT2D eigenvalue weighted by atomic mass is 19.1. The number of halogens is 1. The Morgan fingerprint density at radius 2 is 1.84 bits per heavy atom. The van der Waals surface area contributed by atoms with Gasteiger partial charge in [0, 0.05) is 5.39 Å². The van der Waals surface area contributed by atoms with Crippen LogP contribution in [0.1, 0.15) is 40.9 Å². The minimum atomic E-state index is -0.553. The summed E-state index contributed by atoms with van der Waals surface area (Å²) >= 11 is 0. The molecule has 1 aliphatic rings. The van der Waals surface area contributed by atoms with Crippen LogP contribution in [-0.4, -0.2) is 25.1 Å². The van der Waals surface area contributed by atoms with Crippen molar-refractivity contribution in [3.8, 4) is 5.75 Å². The van der Waals surface area contributed by atoms with E-state index in [0.717, 1.165) is 21.9 Å². The molecule has 0 fully saturated rings. The zero-order chi connectivity index (χ0) is 22.1. The molecule has 6 heteroatoms. The van der Waals surface area contributed by atoms with Crippen LogP contribution in [-0.2, 0) is 22.5 Å². The van der Waals surface area contributed by atoms with Gasteiger partial charge in [0.1, 0.15) is 11.6 Å². The van der Waals surface area contributed by atoms with Crippen LogP contribution in [0.2, 0.25) is 0 Å². The second kappa shape index (κ2) is 8.38. The molecule has 0 unspecified atom stereocenters. The minimum Gasteiger partial charge on any atom is -0.492 e. The number of nitrogens with zero attached hydrogens (tertiary/aromatic N) is 1. The lowest BCUT2D eigenvalue weighted by Crippen LogP contribution is -2.24. The van der Waals surface area contributed by atoms with Crippen molar-refractivity contribution in [2.24, 2.45) is 0 Å². The first kappa shape index (κ1) is 20.8. The van der Waals surface area contributed by atoms with E-state index in [-0.39, 0.29) is 31.2 Å². The maximum absolute atomic E-state index is 15.0. The van der Waals surface area contributed by atoms with E-state index in [1.165, 1.54) is 11.0 Å². The molecule has 0 radical (unpaired) electrons. The van der Waals surface area contributed by atoms with Gasteiger partial charge in [-0.1, -0.05) is 30.3 Å². The molecule has 5 nitrogen and oxygen atoms in total. The third kappa shape index (κ3) is 3.63. The molecule has 0 N–H and O–H groups in total. The number of carbonyl (C=O) groups is 2. The standard InChI is InChI=1S/C25H24FNO4/c1-4-30-22(28)13-16-10-11-21(20(26)12-16)27-14-19-15(3)17-8-6-7-9-18(17)24(31-5-2)23(19)25(27)29/h6-12H,4-5,13-14H2,1-3H3. The highest BCUT2D eigenvalue weighted by Crippen LogP contribution is 2.42. The first-order valence-corrected chi connectivity index (χ1v) is 10.4. The molecule has 4 rings (SSSR count). The molecule has 3 aromatic rings. The molecule has 0 saturated heterocycles. The monoisotopic (exact) mass is 421 g/mol. The van der Waals surface area contributed by atoms with Gasteiger partial charge in [0.05, 0.1) is 37.4 Å². The smallest absolute Gasteiger partial charge is 0.310 e. The average molecular weight is 421 g/mol. The van der Waals surface area contributed by atoms with Crippen molar-refractivity contribution in [2.45, 2.75) is 33.7 Å². The summed E-state index contributed by atoms with van der Waals surface area (Å²) in [6.45, 7) is 6.53. The quantitative estimate of drug-likeness (QED) is 0.529. The summed E-state index contributed by atoms with van der Waals surface area (Å²) in [5.41, 5.74) is 3.01. The largest absolute Gasteiger partial charge is 0.492 e. The Balaban J connectivity index is 1.74. The Labute approximate surface area is 180 Å². The highest BCUT2D eigenvalue weighted by molar-refractivity contribution is 6.16. The Kier molecular flexibility index (Phi) is 5.63. The molecule has 3 aromatic carbocycles. The maximum Gasteiger partial charge on any atom is 0.310 e. The van der Waals surface area contributed by atoms with Crippen LogP contribution in [0.25, 0.3) is 10.8 Å². The number of amides is 1. The fraction of sp³-hybridized carbons (Fsp3) is 0.280. The summed E-state index contributed by atoms with van der Waals surface area (Å²) in [6, 6.07) is 12.3. The summed E-state index contributed by atoms with van der Waals surface area (Å²) in [6.07, 6.45) is -0.0157. The first-order valence-electron chi connectivity index (χ1n) is 10.4. The molecule has 31 heavy (non-hydrogen) atoms. The van der Waals surface area contributed by atoms with Gasteiger partial charge < -0.3 is 14.4 Å². The molecule has 0 spiro atoms. The molecule has 0 bridgehead atoms. The normalized spacial score (nSPS) is 12.9. The molecule has 0 atom stereocenters. The topological polar surface area (TPSA) is 55.8 Å². The molecule has 160 valence electrons. The number of hydrogen-bond acceptors (Lipinski definition) is 4. The van der Waals surface area contributed by atoms with E-state index in [0.29, 0.717) is 23.5 Å². The van der Waals surface area contributed by atoms with E-state index >= 15 is 0 Å². The lowest BCUT2D eigenvalue weighted by molar-refractivity contribution is -0.142. The van der Waals surface area contributed by atoms with Gasteiger partial charge in [0.25, 0.3) is 5.91 Å². The van der Waals surface area contributed by atoms with Crippen LogP contribution in [0, 0.1) is 12.7 Å². The van der Waals surface area contributed by atoms with Gasteiger partial charge in [0.15, 0.2) is 0 Å². The molecular weight excluding hydrogens is 397 g/mol. The zero-order valence-electron chi connectivity index (χ0n) is 17.8. The van der Waals surface area contributed by atoms with Gasteiger partial charge in [-0.05, 0) is 55.0 Å². The van der Waals surface area contributed by atoms with Gasteiger partial charge in [-0.25, -0.2) is 4.39 Å². The number of rotatable bonds is 6. The van der Waals surface area contributed by atoms with Crippen molar-refractivity contribution in [2.75, 3.05) is 18.1 Å². The molecule has 0 aliphatic carbocycles. The summed E-state index contributed by atoms with van der Waals surface area (Å²) < 4.78 is 25.8. The second-order valence-electron chi connectivity index (χ2n) is 7.45. The van der Waals surface area contributed by atoms with Crippen molar-refractivity contribution in [1.82, 2.24) is 0 Å². The van der Waals surface area contributed by atoms with Crippen LogP contribution in [0.3, 0.4) is 0 Å². The van der Waals surface area contributed by atoms with Crippen LogP contribution >= 0.6 is 0 Å². The van der Waals surface area contributed by atoms with Crippen LogP contribution in [0.5, 0.6) is 5.75 Å². The van der Waals surface area contributed by atoms with Crippen LogP contribution in [0.4, 0.5) is 10.1 Å². The van der Waals surface area contributed by atoms with Crippen LogP contribution < -0.4 is 9.64 Å². The summed E-state index contributed by atoms with van der Waals surface area (Å²) in [4.78, 5) is 26.5. The number of ether oxygens (including phenoxy) is 2. The molecule has 1 heterocycles. The van der Waals surface area contributed by atoms with Gasteiger partial charge in [-0.3, -0.25) is 9.59 Å². The number of anilines is 1. The van der Waals surface area contributed by atoms with E-state index < -0.39 is 11.8 Å². The third-order valence-corrected chi connectivity index (χ3v) is 5.58. The minimum absolute atomic E-state index is 0.0157. The van der Waals surface area contributed by atoms with E-state index in [4.69, 9.17) is 9.47 Å². The van der Waals surface area contributed by atoms with Gasteiger partial charge in [0.2, 0.25) is 0 Å². The summed E-state index contributed by atoms with van der Waals surface area (Å²) in [5, 5.41) is 1.89. The van der Waals surface area contributed by atoms with Crippen molar-refractivity contribution in [1.29, 1.82) is 0 Å². The number of carbonyl (C=O) groups excluding carboxylic acids is 2. The third-order valence-electron chi connectivity index (χ3n) is 5.58. The summed E-state index contributed by atoms with van der Waals surface area (Å²) in [7, 11) is 0. The molecule has 0 aromatic heterocycles. The number of hydrogen-bond donors (Lipinski definition) is 0. The van der Waals surface area contributed by atoms with Gasteiger partial charge in [-0.2, -0.15) is 0 Å². The Bertz CT molecular complexity index is 1190. The SMILES string of the molecule is CCOC(=O)Cc1ccc(N2Cc3c(c(OCC)c4ccccc4c3C)C2=O)c(F)c1. The van der Waals surface area contributed by atoms with E-state index in [1.54, 1.807) is 19.1 Å². The van der Waals surface area contributed by atoms with Crippen LogP contribution in [0.15, 0.2) is 42.5 Å².